The fraction of sp³-hybridized carbons (Fsp3) is 0.0833. The van der Waals surface area contributed by atoms with Gasteiger partial charge in [0.25, 0.3) is 0 Å². The van der Waals surface area contributed by atoms with Gasteiger partial charge in [0, 0.05) is 5.56 Å². The third-order valence-electron chi connectivity index (χ3n) is 1.97. The van der Waals surface area contributed by atoms with E-state index in [1.165, 1.54) is 18.2 Å². The lowest BCUT2D eigenvalue weighted by Gasteiger charge is -2.03. The molecule has 0 spiro atoms. The summed E-state index contributed by atoms with van der Waals surface area (Å²) in [6.45, 7) is 0. The molecule has 17 heavy (non-hydrogen) atoms. The molecule has 84 valence electrons. The molecule has 0 bridgehead atoms. The number of carbonyl (C=O) groups is 1. The smallest absolute Gasteiger partial charge is 0.340 e. The van der Waals surface area contributed by atoms with Crippen molar-refractivity contribution in [2.24, 2.45) is 0 Å². The Morgan fingerprint density at radius 1 is 1.41 bits per heavy atom. The first-order valence-electron chi connectivity index (χ1n) is 4.52. The van der Waals surface area contributed by atoms with Crippen molar-refractivity contribution in [3.8, 4) is 12.1 Å². The van der Waals surface area contributed by atoms with E-state index in [2.05, 4.69) is 4.74 Å². The van der Waals surface area contributed by atoms with Crippen LogP contribution in [-0.2, 0) is 4.74 Å². The third-order valence-corrected chi connectivity index (χ3v) is 1.97. The van der Waals surface area contributed by atoms with Gasteiger partial charge < -0.3 is 4.74 Å². The number of nitriles is 2. The van der Waals surface area contributed by atoms with Crippen molar-refractivity contribution in [2.75, 3.05) is 7.11 Å². The average Bonchev–Trinajstić information content (AvgIpc) is 2.36. The van der Waals surface area contributed by atoms with Crippen LogP contribution in [0.1, 0.15) is 15.9 Å². The summed E-state index contributed by atoms with van der Waals surface area (Å²) in [6, 6.07) is 7.27. The van der Waals surface area contributed by atoms with Crippen LogP contribution in [0.2, 0.25) is 0 Å². The van der Waals surface area contributed by atoms with Gasteiger partial charge in [-0.25, -0.2) is 9.18 Å². The fourth-order valence-corrected chi connectivity index (χ4v) is 1.17. The lowest BCUT2D eigenvalue weighted by atomic mass is 10.1. The van der Waals surface area contributed by atoms with E-state index in [9.17, 15) is 9.18 Å². The summed E-state index contributed by atoms with van der Waals surface area (Å²) in [5.41, 5.74) is -0.492. The SMILES string of the molecule is COC(=O)c1cccc(C=C(C#N)C#N)c1F. The van der Waals surface area contributed by atoms with Gasteiger partial charge in [-0.1, -0.05) is 12.1 Å². The van der Waals surface area contributed by atoms with E-state index >= 15 is 0 Å². The Morgan fingerprint density at radius 2 is 2.06 bits per heavy atom. The maximum Gasteiger partial charge on any atom is 0.340 e. The van der Waals surface area contributed by atoms with E-state index in [4.69, 9.17) is 10.5 Å². The Bertz CT molecular complexity index is 549. The predicted octanol–water partition coefficient (Wildman–Crippen LogP) is 2.04. The van der Waals surface area contributed by atoms with Crippen molar-refractivity contribution in [3.63, 3.8) is 0 Å². The van der Waals surface area contributed by atoms with Crippen molar-refractivity contribution in [2.45, 2.75) is 0 Å². The number of ether oxygens (including phenoxy) is 1. The molecule has 0 N–H and O–H groups in total. The molecular formula is C12H7FN2O2. The van der Waals surface area contributed by atoms with E-state index in [0.29, 0.717) is 0 Å². The summed E-state index contributed by atoms with van der Waals surface area (Å²) in [5.74, 6) is -1.63. The molecular weight excluding hydrogens is 223 g/mol. The molecule has 0 saturated carbocycles. The minimum absolute atomic E-state index is 0.00833. The maximum absolute atomic E-state index is 13.8. The molecule has 0 radical (unpaired) electrons. The van der Waals surface area contributed by atoms with Crippen LogP contribution in [-0.4, -0.2) is 13.1 Å². The number of esters is 1. The molecule has 0 amide bonds. The Morgan fingerprint density at radius 3 is 2.59 bits per heavy atom. The van der Waals surface area contributed by atoms with E-state index in [0.717, 1.165) is 13.2 Å². The van der Waals surface area contributed by atoms with Crippen molar-refractivity contribution < 1.29 is 13.9 Å². The summed E-state index contributed by atoms with van der Waals surface area (Å²) >= 11 is 0. The Balaban J connectivity index is 3.31. The molecule has 0 fully saturated rings. The number of carbonyl (C=O) groups excluding carboxylic acids is 1. The standard InChI is InChI=1S/C12H7FN2O2/c1-17-12(16)10-4-2-3-9(11(10)13)5-8(6-14)7-15/h2-5H,1H3. The van der Waals surface area contributed by atoms with Gasteiger partial charge >= 0.3 is 5.97 Å². The minimum atomic E-state index is -0.817. The largest absolute Gasteiger partial charge is 0.465 e. The molecule has 0 atom stereocenters. The van der Waals surface area contributed by atoms with Gasteiger partial charge in [0.05, 0.1) is 12.7 Å². The number of rotatable bonds is 2. The molecule has 5 heteroatoms. The normalized spacial score (nSPS) is 8.71. The summed E-state index contributed by atoms with van der Waals surface area (Å²) in [4.78, 5) is 11.2. The van der Waals surface area contributed by atoms with Crippen LogP contribution in [0.3, 0.4) is 0 Å². The average molecular weight is 230 g/mol. The second-order valence-corrected chi connectivity index (χ2v) is 2.98. The van der Waals surface area contributed by atoms with E-state index < -0.39 is 11.8 Å². The van der Waals surface area contributed by atoms with E-state index in [-0.39, 0.29) is 16.7 Å². The molecule has 0 unspecified atom stereocenters. The number of hydrogen-bond donors (Lipinski definition) is 0. The number of halogens is 1. The second kappa shape index (κ2) is 5.43. The van der Waals surface area contributed by atoms with Crippen molar-refractivity contribution in [1.29, 1.82) is 10.5 Å². The van der Waals surface area contributed by atoms with Crippen LogP contribution in [0.15, 0.2) is 23.8 Å². The molecule has 0 aromatic heterocycles. The van der Waals surface area contributed by atoms with Gasteiger partial charge in [0.2, 0.25) is 0 Å². The number of methoxy groups -OCH3 is 1. The van der Waals surface area contributed by atoms with Gasteiger partial charge in [0.15, 0.2) is 0 Å². The zero-order valence-corrected chi connectivity index (χ0v) is 8.90. The highest BCUT2D eigenvalue weighted by Gasteiger charge is 2.14. The number of benzene rings is 1. The number of nitrogens with zero attached hydrogens (tertiary/aromatic N) is 2. The zero-order chi connectivity index (χ0) is 12.8. The van der Waals surface area contributed by atoms with Crippen molar-refractivity contribution in [3.05, 3.63) is 40.7 Å². The molecule has 0 aliphatic rings. The molecule has 0 heterocycles. The minimum Gasteiger partial charge on any atom is -0.465 e. The molecule has 0 saturated heterocycles. The van der Waals surface area contributed by atoms with Crippen LogP contribution < -0.4 is 0 Å². The van der Waals surface area contributed by atoms with Gasteiger partial charge in [-0.05, 0) is 12.1 Å². The van der Waals surface area contributed by atoms with Crippen LogP contribution in [0.25, 0.3) is 6.08 Å². The topological polar surface area (TPSA) is 73.9 Å². The lowest BCUT2D eigenvalue weighted by Crippen LogP contribution is -2.05. The highest BCUT2D eigenvalue weighted by Crippen LogP contribution is 2.16. The summed E-state index contributed by atoms with van der Waals surface area (Å²) < 4.78 is 18.2. The van der Waals surface area contributed by atoms with Crippen molar-refractivity contribution >= 4 is 12.0 Å². The zero-order valence-electron chi connectivity index (χ0n) is 8.90. The predicted molar refractivity (Wildman–Crippen MR) is 56.9 cm³/mol. The lowest BCUT2D eigenvalue weighted by molar-refractivity contribution is 0.0595. The first kappa shape index (κ1) is 12.4. The first-order valence-corrected chi connectivity index (χ1v) is 4.52. The molecule has 4 nitrogen and oxygen atoms in total. The molecule has 0 aliphatic carbocycles. The Kier molecular flexibility index (Phi) is 3.96. The quantitative estimate of drug-likeness (QED) is 0.575. The Labute approximate surface area is 97.2 Å². The number of hydrogen-bond acceptors (Lipinski definition) is 4. The van der Waals surface area contributed by atoms with Crippen LogP contribution in [0, 0.1) is 28.5 Å². The van der Waals surface area contributed by atoms with E-state index in [1.54, 1.807) is 12.1 Å². The maximum atomic E-state index is 13.8. The summed E-state index contributed by atoms with van der Waals surface area (Å²) in [5, 5.41) is 17.1. The molecule has 0 aliphatic heterocycles. The van der Waals surface area contributed by atoms with Crippen molar-refractivity contribution in [1.82, 2.24) is 0 Å². The van der Waals surface area contributed by atoms with Gasteiger partial charge in [0.1, 0.15) is 23.5 Å². The fourth-order valence-electron chi connectivity index (χ4n) is 1.17. The number of allylic oxidation sites excluding steroid dienone is 1. The summed E-state index contributed by atoms with van der Waals surface area (Å²) in [7, 11) is 1.14. The second-order valence-electron chi connectivity index (χ2n) is 2.98. The van der Waals surface area contributed by atoms with Gasteiger partial charge in [-0.2, -0.15) is 10.5 Å². The first-order chi connectivity index (χ1) is 8.13. The van der Waals surface area contributed by atoms with Gasteiger partial charge in [-0.3, -0.25) is 0 Å². The Hall–Kier alpha value is -2.66. The van der Waals surface area contributed by atoms with Crippen LogP contribution in [0.4, 0.5) is 4.39 Å². The van der Waals surface area contributed by atoms with Gasteiger partial charge in [-0.15, -0.1) is 0 Å². The van der Waals surface area contributed by atoms with Crippen LogP contribution >= 0.6 is 0 Å². The highest BCUT2D eigenvalue weighted by atomic mass is 19.1. The van der Waals surface area contributed by atoms with E-state index in [1.807, 2.05) is 0 Å². The highest BCUT2D eigenvalue weighted by molar-refractivity contribution is 5.90. The molecule has 1 aromatic rings. The molecule has 1 aromatic carbocycles. The summed E-state index contributed by atoms with van der Waals surface area (Å²) in [6.07, 6.45) is 1.07. The van der Waals surface area contributed by atoms with Crippen LogP contribution in [0.5, 0.6) is 0 Å². The third kappa shape index (κ3) is 2.67. The monoisotopic (exact) mass is 230 g/mol. The molecule has 1 rings (SSSR count).